The average Bonchev–Trinajstić information content (AvgIpc) is 3.04. The molecule has 1 aromatic carbocycles. The third-order valence-electron chi connectivity index (χ3n) is 6.81. The maximum Gasteiger partial charge on any atom is 0.270 e. The fraction of sp³-hybridized carbons (Fsp3) is 0.407. The van der Waals surface area contributed by atoms with E-state index in [4.69, 9.17) is 17.0 Å². The normalized spacial score (nSPS) is 17.4. The Morgan fingerprint density at radius 2 is 1.81 bits per heavy atom. The van der Waals surface area contributed by atoms with Gasteiger partial charge in [-0.25, -0.2) is 0 Å². The summed E-state index contributed by atoms with van der Waals surface area (Å²) in [5, 5.41) is 9.70. The number of methoxy groups -OCH3 is 1. The van der Waals surface area contributed by atoms with Gasteiger partial charge < -0.3 is 9.64 Å². The van der Waals surface area contributed by atoms with Gasteiger partial charge in [0.1, 0.15) is 27.5 Å². The number of pyridine rings is 1. The first-order valence-corrected chi connectivity index (χ1v) is 13.3. The number of hydrogen-bond acceptors (Lipinski definition) is 7. The van der Waals surface area contributed by atoms with Crippen molar-refractivity contribution >= 4 is 46.1 Å². The minimum Gasteiger partial charge on any atom is -0.497 e. The lowest BCUT2D eigenvalue weighted by Crippen LogP contribution is -2.34. The Balaban J connectivity index is 1.67. The summed E-state index contributed by atoms with van der Waals surface area (Å²) in [5.74, 6) is 1.41. The summed E-state index contributed by atoms with van der Waals surface area (Å²) < 4.78 is 7.29. The van der Waals surface area contributed by atoms with Gasteiger partial charge in [0.05, 0.1) is 12.0 Å². The van der Waals surface area contributed by atoms with Gasteiger partial charge in [-0.05, 0) is 55.5 Å². The van der Waals surface area contributed by atoms with Crippen LogP contribution in [0.3, 0.4) is 0 Å². The van der Waals surface area contributed by atoms with E-state index in [0.29, 0.717) is 27.8 Å². The van der Waals surface area contributed by atoms with Crippen LogP contribution in [0.5, 0.6) is 5.75 Å². The topological polar surface area (TPSA) is 78.6 Å². The molecule has 0 bridgehead atoms. The van der Waals surface area contributed by atoms with E-state index in [1.54, 1.807) is 30.5 Å². The largest absolute Gasteiger partial charge is 0.497 e. The summed E-state index contributed by atoms with van der Waals surface area (Å²) in [5.41, 5.74) is 2.23. The molecule has 9 heteroatoms. The Labute approximate surface area is 221 Å². The molecular formula is C27H30N4O3S2. The maximum absolute atomic E-state index is 13.4. The summed E-state index contributed by atoms with van der Waals surface area (Å²) in [4.78, 5) is 30.7. The van der Waals surface area contributed by atoms with Gasteiger partial charge in [-0.15, -0.1) is 0 Å². The Morgan fingerprint density at radius 1 is 1.14 bits per heavy atom. The van der Waals surface area contributed by atoms with Gasteiger partial charge >= 0.3 is 0 Å². The average molecular weight is 523 g/mol. The van der Waals surface area contributed by atoms with Crippen LogP contribution in [0.2, 0.25) is 0 Å². The second-order valence-electron chi connectivity index (χ2n) is 9.05. The van der Waals surface area contributed by atoms with E-state index in [1.807, 2.05) is 30.3 Å². The van der Waals surface area contributed by atoms with E-state index in [0.717, 1.165) is 61.5 Å². The molecule has 2 saturated heterocycles. The molecular weight excluding hydrogens is 492 g/mol. The number of thioether (sulfide) groups is 1. The monoisotopic (exact) mass is 522 g/mol. The minimum absolute atomic E-state index is 0.109. The molecule has 0 spiro atoms. The second kappa shape index (κ2) is 11.3. The number of ether oxygens (including phenoxy) is 1. The van der Waals surface area contributed by atoms with Gasteiger partial charge in [-0.3, -0.25) is 19.1 Å². The van der Waals surface area contributed by atoms with Gasteiger partial charge in [0.2, 0.25) is 0 Å². The Kier molecular flexibility index (Phi) is 8.17. The zero-order chi connectivity index (χ0) is 25.8. The van der Waals surface area contributed by atoms with Crippen LogP contribution in [-0.2, 0) is 18.3 Å². The predicted molar refractivity (Wildman–Crippen MR) is 148 cm³/mol. The molecule has 4 rings (SSSR count). The molecule has 0 saturated carbocycles. The molecule has 0 aliphatic carbocycles. The number of benzene rings is 1. The lowest BCUT2D eigenvalue weighted by Gasteiger charge is -2.28. The fourth-order valence-corrected chi connectivity index (χ4v) is 6.02. The molecule has 2 aromatic rings. The molecule has 0 unspecified atom stereocenters. The third-order valence-corrected chi connectivity index (χ3v) is 8.18. The summed E-state index contributed by atoms with van der Waals surface area (Å²) in [7, 11) is 3.34. The van der Waals surface area contributed by atoms with Crippen molar-refractivity contribution < 1.29 is 9.53 Å². The highest BCUT2D eigenvalue weighted by molar-refractivity contribution is 8.26. The number of amides is 1. The van der Waals surface area contributed by atoms with Crippen LogP contribution in [-0.4, -0.2) is 46.4 Å². The van der Waals surface area contributed by atoms with Crippen LogP contribution in [0.25, 0.3) is 6.08 Å². The highest BCUT2D eigenvalue weighted by atomic mass is 32.2. The molecule has 3 heterocycles. The van der Waals surface area contributed by atoms with Gasteiger partial charge in [-0.2, -0.15) is 5.26 Å². The molecule has 36 heavy (non-hydrogen) atoms. The number of aromatic nitrogens is 1. The number of anilines is 1. The summed E-state index contributed by atoms with van der Waals surface area (Å²) in [6.07, 6.45) is 6.88. The van der Waals surface area contributed by atoms with Crippen molar-refractivity contribution in [3.8, 4) is 11.8 Å². The van der Waals surface area contributed by atoms with Crippen LogP contribution in [0.4, 0.5) is 5.82 Å². The van der Waals surface area contributed by atoms with E-state index in [2.05, 4.69) is 11.0 Å². The van der Waals surface area contributed by atoms with Crippen molar-refractivity contribution in [2.45, 2.75) is 39.0 Å². The molecule has 7 nitrogen and oxygen atoms in total. The lowest BCUT2D eigenvalue weighted by atomic mass is 10.0. The number of nitrogens with zero attached hydrogens (tertiary/aromatic N) is 4. The standard InChI is InChI=1S/C27H30N4O3S2/c1-18-21(24(29(2)25(32)22(18)17-28)30-13-6-4-5-7-14-30)16-23-26(33)31(27(35)36-23)15-12-19-8-10-20(34-3)11-9-19/h8-11,16H,4-7,12-15H2,1-3H3. The highest BCUT2D eigenvalue weighted by Gasteiger charge is 2.33. The molecule has 0 atom stereocenters. The summed E-state index contributed by atoms with van der Waals surface area (Å²) >= 11 is 6.83. The maximum atomic E-state index is 13.4. The van der Waals surface area contributed by atoms with Gasteiger partial charge in [-0.1, -0.05) is 49.0 Å². The van der Waals surface area contributed by atoms with Crippen molar-refractivity contribution in [3.63, 3.8) is 0 Å². The molecule has 188 valence electrons. The van der Waals surface area contributed by atoms with Crippen molar-refractivity contribution in [3.05, 3.63) is 61.8 Å². The Hall–Kier alpha value is -3.09. The molecule has 2 aliphatic rings. The molecule has 1 aromatic heterocycles. The van der Waals surface area contributed by atoms with Crippen LogP contribution in [0.15, 0.2) is 34.0 Å². The van der Waals surface area contributed by atoms with Gasteiger partial charge in [0, 0.05) is 32.2 Å². The van der Waals surface area contributed by atoms with E-state index < -0.39 is 0 Å². The highest BCUT2D eigenvalue weighted by Crippen LogP contribution is 2.36. The molecule has 2 fully saturated rings. The zero-order valence-corrected chi connectivity index (χ0v) is 22.5. The Morgan fingerprint density at radius 3 is 2.42 bits per heavy atom. The minimum atomic E-state index is -0.307. The van der Waals surface area contributed by atoms with E-state index in [9.17, 15) is 14.9 Å². The summed E-state index contributed by atoms with van der Waals surface area (Å²) in [6.45, 7) is 3.94. The van der Waals surface area contributed by atoms with Crippen LogP contribution in [0.1, 0.15) is 47.9 Å². The number of rotatable bonds is 6. The van der Waals surface area contributed by atoms with Crippen molar-refractivity contribution in [2.75, 3.05) is 31.6 Å². The van der Waals surface area contributed by atoms with E-state index in [-0.39, 0.29) is 17.0 Å². The van der Waals surface area contributed by atoms with Crippen molar-refractivity contribution in [1.29, 1.82) is 5.26 Å². The number of carbonyl (C=O) groups is 1. The van der Waals surface area contributed by atoms with Crippen LogP contribution < -0.4 is 15.2 Å². The number of hydrogen-bond donors (Lipinski definition) is 0. The first-order chi connectivity index (χ1) is 17.3. The third kappa shape index (κ3) is 5.20. The molecule has 2 aliphatic heterocycles. The van der Waals surface area contributed by atoms with Crippen molar-refractivity contribution in [2.24, 2.45) is 7.05 Å². The van der Waals surface area contributed by atoms with Gasteiger partial charge in [0.25, 0.3) is 11.5 Å². The van der Waals surface area contributed by atoms with Crippen LogP contribution >= 0.6 is 24.0 Å². The zero-order valence-electron chi connectivity index (χ0n) is 20.9. The predicted octanol–water partition coefficient (Wildman–Crippen LogP) is 4.40. The first kappa shape index (κ1) is 26.0. The SMILES string of the molecule is COc1ccc(CCN2C(=O)C(=Cc3c(C)c(C#N)c(=O)n(C)c3N3CCCCCC3)SC2=S)cc1. The lowest BCUT2D eigenvalue weighted by molar-refractivity contribution is -0.122. The Bertz CT molecular complexity index is 1300. The first-order valence-electron chi connectivity index (χ1n) is 12.1. The fourth-order valence-electron chi connectivity index (χ4n) is 4.73. The molecule has 0 radical (unpaired) electrons. The second-order valence-corrected chi connectivity index (χ2v) is 10.7. The van der Waals surface area contributed by atoms with E-state index in [1.165, 1.54) is 11.8 Å². The number of nitriles is 1. The summed E-state index contributed by atoms with van der Waals surface area (Å²) in [6, 6.07) is 9.84. The number of thiocarbonyl (C=S) groups is 1. The van der Waals surface area contributed by atoms with Crippen molar-refractivity contribution in [1.82, 2.24) is 9.47 Å². The smallest absolute Gasteiger partial charge is 0.270 e. The number of carbonyl (C=O) groups excluding carboxylic acids is 1. The molecule has 1 amide bonds. The van der Waals surface area contributed by atoms with Crippen LogP contribution in [0, 0.1) is 18.3 Å². The van der Waals surface area contributed by atoms with Gasteiger partial charge in [0.15, 0.2) is 0 Å². The molecule has 0 N–H and O–H groups in total. The van der Waals surface area contributed by atoms with E-state index >= 15 is 0 Å². The quantitative estimate of drug-likeness (QED) is 0.411.